The van der Waals surface area contributed by atoms with Gasteiger partial charge in [0.1, 0.15) is 18.3 Å². The first-order chi connectivity index (χ1) is 16.6. The number of aromatic amines is 1. The molecule has 1 aliphatic rings. The van der Waals surface area contributed by atoms with Crippen molar-refractivity contribution in [2.45, 2.75) is 64.7 Å². The molecular formula is C22H23N5O8. The lowest BCUT2D eigenvalue weighted by Crippen LogP contribution is -2.34. The molecule has 2 aromatic heterocycles. The van der Waals surface area contributed by atoms with Gasteiger partial charge in [0.2, 0.25) is 11.9 Å². The van der Waals surface area contributed by atoms with Crippen molar-refractivity contribution in [3.63, 3.8) is 0 Å². The van der Waals surface area contributed by atoms with E-state index in [0.717, 1.165) is 9.13 Å². The smallest absolute Gasteiger partial charge is 0.333 e. The summed E-state index contributed by atoms with van der Waals surface area (Å²) >= 11 is 0. The predicted molar refractivity (Wildman–Crippen MR) is 121 cm³/mol. The minimum absolute atomic E-state index is 0.00209. The number of carbonyl (C=O) groups is 3. The van der Waals surface area contributed by atoms with Crippen molar-refractivity contribution in [1.29, 1.82) is 0 Å². The van der Waals surface area contributed by atoms with E-state index in [-0.39, 0.29) is 36.5 Å². The number of hydrogen-bond donors (Lipinski definition) is 2. The number of H-pyrrole nitrogens is 1. The van der Waals surface area contributed by atoms with Gasteiger partial charge < -0.3 is 14.2 Å². The molecule has 0 saturated carbocycles. The molecule has 1 unspecified atom stereocenters. The number of anilines is 1. The monoisotopic (exact) mass is 485 g/mol. The van der Waals surface area contributed by atoms with Crippen molar-refractivity contribution in [3.8, 4) is 24.7 Å². The first kappa shape index (κ1) is 25.3. The molecule has 1 saturated heterocycles. The Hall–Kier alpha value is -4.36. The molecule has 13 nitrogen and oxygen atoms in total. The number of fused-ring (bicyclic) bond motifs is 1. The van der Waals surface area contributed by atoms with E-state index in [1.54, 1.807) is 0 Å². The zero-order valence-electron chi connectivity index (χ0n) is 19.2. The summed E-state index contributed by atoms with van der Waals surface area (Å²) in [4.78, 5) is 67.6. The fourth-order valence-electron chi connectivity index (χ4n) is 3.91. The third kappa shape index (κ3) is 5.26. The number of terminal acetylenes is 2. The molecule has 0 spiro atoms. The highest BCUT2D eigenvalue weighted by Gasteiger charge is 2.45. The van der Waals surface area contributed by atoms with Gasteiger partial charge in [-0.25, -0.2) is 9.36 Å². The number of amides is 1. The van der Waals surface area contributed by atoms with E-state index in [1.165, 1.54) is 20.8 Å². The highest BCUT2D eigenvalue weighted by atomic mass is 16.6. The standard InChI is InChI=1S/C22H23N5O8/c1-6-8-14(33-12(4)29)15-10-16(34-13(5)30)20(35-15)27-18-17(26(9-7-2)22(27)32)19(31)25-21(24-18)23-11(3)28/h1-2,14-16,20H,8-10H2,3-5H3,(H2,23,24,25,28,31)/t14?,15-,16+,20+/m0/s1. The summed E-state index contributed by atoms with van der Waals surface area (Å²) in [6.45, 7) is 3.33. The van der Waals surface area contributed by atoms with Gasteiger partial charge in [-0.3, -0.25) is 34.0 Å². The molecule has 0 radical (unpaired) electrons. The second-order valence-electron chi connectivity index (χ2n) is 7.72. The first-order valence-corrected chi connectivity index (χ1v) is 10.5. The molecule has 0 bridgehead atoms. The molecule has 1 fully saturated rings. The summed E-state index contributed by atoms with van der Waals surface area (Å²) in [7, 11) is 0. The number of rotatable bonds is 7. The van der Waals surface area contributed by atoms with Crippen LogP contribution in [0.5, 0.6) is 0 Å². The van der Waals surface area contributed by atoms with Crippen molar-refractivity contribution in [2.24, 2.45) is 0 Å². The van der Waals surface area contributed by atoms with Crippen LogP contribution in [0.25, 0.3) is 11.2 Å². The van der Waals surface area contributed by atoms with Crippen molar-refractivity contribution < 1.29 is 28.6 Å². The van der Waals surface area contributed by atoms with Crippen LogP contribution in [0.1, 0.15) is 39.8 Å². The Morgan fingerprint density at radius 2 is 1.94 bits per heavy atom. The third-order valence-corrected chi connectivity index (χ3v) is 5.08. The number of ether oxygens (including phenoxy) is 3. The Kier molecular flexibility index (Phi) is 7.42. The zero-order chi connectivity index (χ0) is 25.9. The molecular weight excluding hydrogens is 462 g/mol. The molecule has 4 atom stereocenters. The molecule has 35 heavy (non-hydrogen) atoms. The predicted octanol–water partition coefficient (Wildman–Crippen LogP) is -0.348. The normalized spacial score (nSPS) is 20.0. The van der Waals surface area contributed by atoms with Crippen LogP contribution in [0.3, 0.4) is 0 Å². The minimum atomic E-state index is -1.27. The van der Waals surface area contributed by atoms with E-state index >= 15 is 0 Å². The van der Waals surface area contributed by atoms with Crippen LogP contribution >= 0.6 is 0 Å². The van der Waals surface area contributed by atoms with Gasteiger partial charge >= 0.3 is 17.6 Å². The highest BCUT2D eigenvalue weighted by Crippen LogP contribution is 2.35. The second-order valence-corrected chi connectivity index (χ2v) is 7.72. The number of esters is 2. The number of nitrogens with zero attached hydrogens (tertiary/aromatic N) is 3. The fourth-order valence-corrected chi connectivity index (χ4v) is 3.91. The lowest BCUT2D eigenvalue weighted by molar-refractivity contribution is -0.158. The van der Waals surface area contributed by atoms with E-state index in [2.05, 4.69) is 27.1 Å². The largest absolute Gasteiger partial charge is 0.459 e. The Morgan fingerprint density at radius 3 is 2.51 bits per heavy atom. The molecule has 2 aromatic rings. The van der Waals surface area contributed by atoms with Crippen LogP contribution in [0.2, 0.25) is 0 Å². The zero-order valence-corrected chi connectivity index (χ0v) is 19.2. The Labute approximate surface area is 198 Å². The van der Waals surface area contributed by atoms with Gasteiger partial charge in [-0.1, -0.05) is 5.92 Å². The first-order valence-electron chi connectivity index (χ1n) is 10.5. The SMILES string of the molecule is C#CCC(OC(C)=O)[C@@H]1C[C@@H](OC(C)=O)[C@H](n2c(=O)n(CC#C)c3c(=O)[nH]c(NC(C)=O)nc32)O1. The summed E-state index contributed by atoms with van der Waals surface area (Å²) < 4.78 is 18.7. The number of carbonyl (C=O) groups excluding carboxylic acids is 3. The van der Waals surface area contributed by atoms with Crippen LogP contribution in [-0.4, -0.2) is 55.3 Å². The summed E-state index contributed by atoms with van der Waals surface area (Å²) in [6, 6.07) is 0. The summed E-state index contributed by atoms with van der Waals surface area (Å²) in [6.07, 6.45) is 6.78. The van der Waals surface area contributed by atoms with E-state index in [1.807, 2.05) is 0 Å². The van der Waals surface area contributed by atoms with Crippen LogP contribution in [0.15, 0.2) is 9.59 Å². The Bertz CT molecular complexity index is 1370. The van der Waals surface area contributed by atoms with Crippen molar-refractivity contribution in [2.75, 3.05) is 5.32 Å². The number of aromatic nitrogens is 4. The molecule has 0 aromatic carbocycles. The van der Waals surface area contributed by atoms with Crippen LogP contribution in [0, 0.1) is 24.7 Å². The average molecular weight is 485 g/mol. The molecule has 3 rings (SSSR count). The van der Waals surface area contributed by atoms with Crippen molar-refractivity contribution >= 4 is 35.0 Å². The van der Waals surface area contributed by atoms with Crippen LogP contribution < -0.4 is 16.6 Å². The molecule has 184 valence electrons. The summed E-state index contributed by atoms with van der Waals surface area (Å²) in [5, 5.41) is 2.35. The Morgan fingerprint density at radius 1 is 1.23 bits per heavy atom. The van der Waals surface area contributed by atoms with Crippen LogP contribution in [0.4, 0.5) is 5.95 Å². The number of imidazole rings is 1. The fraction of sp³-hybridized carbons (Fsp3) is 0.455. The summed E-state index contributed by atoms with van der Waals surface area (Å²) in [5.74, 6) is 2.70. The van der Waals surface area contributed by atoms with E-state index in [0.29, 0.717) is 0 Å². The maximum Gasteiger partial charge on any atom is 0.333 e. The summed E-state index contributed by atoms with van der Waals surface area (Å²) in [5.41, 5.74) is -1.84. The van der Waals surface area contributed by atoms with Crippen molar-refractivity contribution in [1.82, 2.24) is 19.1 Å². The molecule has 2 N–H and O–H groups in total. The van der Waals surface area contributed by atoms with Crippen molar-refractivity contribution in [3.05, 3.63) is 20.8 Å². The van der Waals surface area contributed by atoms with E-state index in [4.69, 9.17) is 27.1 Å². The Balaban J connectivity index is 2.20. The van der Waals surface area contributed by atoms with Gasteiger partial charge in [0, 0.05) is 33.6 Å². The van der Waals surface area contributed by atoms with E-state index in [9.17, 15) is 24.0 Å². The van der Waals surface area contributed by atoms with Gasteiger partial charge in [-0.2, -0.15) is 4.98 Å². The van der Waals surface area contributed by atoms with Gasteiger partial charge in [-0.05, 0) is 0 Å². The topological polar surface area (TPSA) is 164 Å². The maximum atomic E-state index is 13.4. The van der Waals surface area contributed by atoms with Gasteiger partial charge in [0.15, 0.2) is 17.4 Å². The molecule has 1 aliphatic heterocycles. The molecule has 1 amide bonds. The lowest BCUT2D eigenvalue weighted by Gasteiger charge is -2.22. The second kappa shape index (κ2) is 10.3. The van der Waals surface area contributed by atoms with Gasteiger partial charge in [0.05, 0.1) is 6.54 Å². The van der Waals surface area contributed by atoms with Gasteiger partial charge in [-0.15, -0.1) is 18.8 Å². The van der Waals surface area contributed by atoms with E-state index < -0.39 is 53.6 Å². The number of nitrogens with one attached hydrogen (secondary N) is 2. The minimum Gasteiger partial charge on any atom is -0.459 e. The highest BCUT2D eigenvalue weighted by molar-refractivity contribution is 5.87. The quantitative estimate of drug-likeness (QED) is 0.394. The lowest BCUT2D eigenvalue weighted by atomic mass is 10.1. The third-order valence-electron chi connectivity index (χ3n) is 5.08. The average Bonchev–Trinajstić information content (AvgIpc) is 3.25. The molecule has 3 heterocycles. The number of hydrogen-bond acceptors (Lipinski definition) is 9. The van der Waals surface area contributed by atoms with Crippen LogP contribution in [-0.2, 0) is 35.1 Å². The molecule has 0 aliphatic carbocycles. The molecule has 13 heteroatoms. The van der Waals surface area contributed by atoms with Gasteiger partial charge in [0.25, 0.3) is 5.56 Å². The maximum absolute atomic E-state index is 13.4.